The summed E-state index contributed by atoms with van der Waals surface area (Å²) >= 11 is 0. The van der Waals surface area contributed by atoms with Crippen LogP contribution in [-0.2, 0) is 16.1 Å². The van der Waals surface area contributed by atoms with E-state index in [0.717, 1.165) is 6.07 Å². The number of halogens is 1. The van der Waals surface area contributed by atoms with Crippen molar-refractivity contribution in [1.82, 2.24) is 4.57 Å². The molecule has 0 aliphatic heterocycles. The fraction of sp³-hybridized carbons (Fsp3) is 0.167. The average molecular weight is 340 g/mol. The van der Waals surface area contributed by atoms with Crippen molar-refractivity contribution in [3.05, 3.63) is 70.0 Å². The summed E-state index contributed by atoms with van der Waals surface area (Å²) in [5.74, 6) is -1.97. The third-order valence-corrected chi connectivity index (χ3v) is 3.79. The van der Waals surface area contributed by atoms with Crippen LogP contribution in [0.2, 0.25) is 0 Å². The molecule has 0 bridgehead atoms. The van der Waals surface area contributed by atoms with Gasteiger partial charge in [0.05, 0.1) is 17.1 Å². The Morgan fingerprint density at radius 1 is 1.36 bits per heavy atom. The highest BCUT2D eigenvalue weighted by molar-refractivity contribution is 5.79. The van der Waals surface area contributed by atoms with Crippen molar-refractivity contribution >= 4 is 17.1 Å². The first-order valence-electron chi connectivity index (χ1n) is 7.46. The number of nitriles is 1. The van der Waals surface area contributed by atoms with Gasteiger partial charge in [0.2, 0.25) is 0 Å². The van der Waals surface area contributed by atoms with E-state index in [0.29, 0.717) is 11.1 Å². The van der Waals surface area contributed by atoms with Crippen LogP contribution < -0.4 is 5.76 Å². The lowest BCUT2D eigenvalue weighted by molar-refractivity contribution is -0.148. The van der Waals surface area contributed by atoms with Crippen molar-refractivity contribution in [2.45, 2.75) is 19.6 Å². The predicted molar refractivity (Wildman–Crippen MR) is 86.1 cm³/mol. The second kappa shape index (κ2) is 6.61. The van der Waals surface area contributed by atoms with Gasteiger partial charge in [0.15, 0.2) is 5.58 Å². The molecule has 1 heterocycles. The topological polar surface area (TPSA) is 85.2 Å². The first-order valence-corrected chi connectivity index (χ1v) is 7.46. The van der Waals surface area contributed by atoms with Gasteiger partial charge in [-0.05, 0) is 37.3 Å². The second-order valence-electron chi connectivity index (χ2n) is 5.41. The van der Waals surface area contributed by atoms with Crippen LogP contribution in [0.15, 0.2) is 51.7 Å². The maximum absolute atomic E-state index is 13.7. The number of aromatic nitrogens is 1. The Hall–Kier alpha value is -3.40. The van der Waals surface area contributed by atoms with Gasteiger partial charge < -0.3 is 9.15 Å². The van der Waals surface area contributed by atoms with E-state index in [4.69, 9.17) is 14.4 Å². The molecule has 0 aliphatic rings. The molecule has 0 N–H and O–H groups in total. The number of rotatable bonds is 4. The number of benzene rings is 2. The van der Waals surface area contributed by atoms with Gasteiger partial charge in [0, 0.05) is 5.56 Å². The molecule has 3 rings (SSSR count). The number of ether oxygens (including phenoxy) is 1. The average Bonchev–Trinajstić information content (AvgIpc) is 2.95. The van der Waals surface area contributed by atoms with Gasteiger partial charge in [-0.1, -0.05) is 12.1 Å². The van der Waals surface area contributed by atoms with Crippen LogP contribution in [0.4, 0.5) is 4.39 Å². The number of hydrogen-bond acceptors (Lipinski definition) is 5. The Kier molecular flexibility index (Phi) is 4.35. The highest BCUT2D eigenvalue weighted by atomic mass is 19.1. The van der Waals surface area contributed by atoms with Crippen LogP contribution in [0.5, 0.6) is 0 Å². The van der Waals surface area contributed by atoms with Gasteiger partial charge in [-0.2, -0.15) is 5.26 Å². The molecule has 1 unspecified atom stereocenters. The van der Waals surface area contributed by atoms with Gasteiger partial charge in [0.1, 0.15) is 18.5 Å². The highest BCUT2D eigenvalue weighted by Crippen LogP contribution is 2.18. The highest BCUT2D eigenvalue weighted by Gasteiger charge is 2.23. The minimum Gasteiger partial charge on any atom is -0.459 e. The smallest absolute Gasteiger partial charge is 0.420 e. The zero-order chi connectivity index (χ0) is 18.0. The van der Waals surface area contributed by atoms with Crippen LogP contribution in [-0.4, -0.2) is 10.5 Å². The van der Waals surface area contributed by atoms with Gasteiger partial charge in [-0.25, -0.2) is 14.0 Å². The standard InChI is InChI=1S/C18H13FN2O4/c1-11(21-15-4-2-3-5-16(15)25-18(21)23)17(22)24-10-13-8-12(9-20)6-7-14(13)19/h2-8,11H,10H2,1H3. The normalized spacial score (nSPS) is 11.9. The Bertz CT molecular complexity index is 1050. The summed E-state index contributed by atoms with van der Waals surface area (Å²) in [5, 5.41) is 8.85. The number of fused-ring (bicyclic) bond motifs is 1. The molecule has 0 spiro atoms. The predicted octanol–water partition coefficient (Wildman–Crippen LogP) is 2.91. The summed E-state index contributed by atoms with van der Waals surface area (Å²) in [5.41, 5.74) is 1.18. The van der Waals surface area contributed by atoms with E-state index >= 15 is 0 Å². The Morgan fingerprint density at radius 3 is 2.88 bits per heavy atom. The second-order valence-corrected chi connectivity index (χ2v) is 5.41. The summed E-state index contributed by atoms with van der Waals surface area (Å²) < 4.78 is 25.1. The summed E-state index contributed by atoms with van der Waals surface area (Å²) in [7, 11) is 0. The summed E-state index contributed by atoms with van der Waals surface area (Å²) in [4.78, 5) is 24.3. The number of hydrogen-bond donors (Lipinski definition) is 0. The van der Waals surface area contributed by atoms with E-state index in [1.807, 2.05) is 6.07 Å². The number of nitrogens with zero attached hydrogens (tertiary/aromatic N) is 2. The Labute approximate surface area is 141 Å². The van der Waals surface area contributed by atoms with Crippen LogP contribution >= 0.6 is 0 Å². The van der Waals surface area contributed by atoms with Crippen LogP contribution in [0.3, 0.4) is 0 Å². The maximum atomic E-state index is 13.7. The Morgan fingerprint density at radius 2 is 2.12 bits per heavy atom. The molecule has 2 aromatic carbocycles. The van der Waals surface area contributed by atoms with E-state index in [9.17, 15) is 14.0 Å². The first kappa shape index (κ1) is 16.5. The maximum Gasteiger partial charge on any atom is 0.420 e. The zero-order valence-corrected chi connectivity index (χ0v) is 13.2. The van der Waals surface area contributed by atoms with Crippen LogP contribution in [0.25, 0.3) is 11.1 Å². The molecule has 126 valence electrons. The van der Waals surface area contributed by atoms with Crippen molar-refractivity contribution in [2.24, 2.45) is 0 Å². The minimum absolute atomic E-state index is 0.0870. The van der Waals surface area contributed by atoms with Crippen molar-refractivity contribution in [3.8, 4) is 6.07 Å². The SMILES string of the molecule is CC(C(=O)OCc1cc(C#N)ccc1F)n1c(=O)oc2ccccc21. The molecular weight excluding hydrogens is 327 g/mol. The summed E-state index contributed by atoms with van der Waals surface area (Å²) in [6.07, 6.45) is 0. The third kappa shape index (κ3) is 3.15. The molecule has 7 heteroatoms. The quantitative estimate of drug-likeness (QED) is 0.682. The molecule has 0 radical (unpaired) electrons. The van der Waals surface area contributed by atoms with Gasteiger partial charge in [-0.3, -0.25) is 4.57 Å². The monoisotopic (exact) mass is 340 g/mol. The number of carbonyl (C=O) groups is 1. The zero-order valence-electron chi connectivity index (χ0n) is 13.2. The number of esters is 1. The number of carbonyl (C=O) groups excluding carboxylic acids is 1. The largest absolute Gasteiger partial charge is 0.459 e. The van der Waals surface area contributed by atoms with Crippen molar-refractivity contribution in [2.75, 3.05) is 0 Å². The molecule has 1 aromatic heterocycles. The minimum atomic E-state index is -0.946. The van der Waals surface area contributed by atoms with Crippen LogP contribution in [0.1, 0.15) is 24.1 Å². The van der Waals surface area contributed by atoms with Crippen LogP contribution in [0, 0.1) is 17.1 Å². The molecular formula is C18H13FN2O4. The molecule has 0 saturated carbocycles. The van der Waals surface area contributed by atoms with Gasteiger partial charge in [-0.15, -0.1) is 0 Å². The van der Waals surface area contributed by atoms with E-state index in [-0.39, 0.29) is 17.7 Å². The van der Waals surface area contributed by atoms with Crippen molar-refractivity contribution in [1.29, 1.82) is 5.26 Å². The molecule has 25 heavy (non-hydrogen) atoms. The summed E-state index contributed by atoms with van der Waals surface area (Å²) in [6, 6.07) is 11.4. The number of para-hydroxylation sites is 2. The molecule has 0 saturated heterocycles. The molecule has 0 fully saturated rings. The van der Waals surface area contributed by atoms with E-state index in [2.05, 4.69) is 0 Å². The first-order chi connectivity index (χ1) is 12.0. The lowest BCUT2D eigenvalue weighted by Gasteiger charge is -2.13. The third-order valence-electron chi connectivity index (χ3n) is 3.79. The fourth-order valence-electron chi connectivity index (χ4n) is 2.48. The lowest BCUT2D eigenvalue weighted by atomic mass is 10.1. The lowest BCUT2D eigenvalue weighted by Crippen LogP contribution is -2.26. The fourth-order valence-corrected chi connectivity index (χ4v) is 2.48. The van der Waals surface area contributed by atoms with Crippen molar-refractivity contribution < 1.29 is 18.3 Å². The molecule has 0 amide bonds. The molecule has 6 nitrogen and oxygen atoms in total. The van der Waals surface area contributed by atoms with E-state index < -0.39 is 23.6 Å². The molecule has 0 aliphatic carbocycles. The molecule has 1 atom stereocenters. The summed E-state index contributed by atoms with van der Waals surface area (Å²) in [6.45, 7) is 1.16. The molecule has 3 aromatic rings. The van der Waals surface area contributed by atoms with E-state index in [1.165, 1.54) is 23.6 Å². The van der Waals surface area contributed by atoms with Crippen molar-refractivity contribution in [3.63, 3.8) is 0 Å². The van der Waals surface area contributed by atoms with Gasteiger partial charge in [0.25, 0.3) is 0 Å². The number of oxazole rings is 1. The van der Waals surface area contributed by atoms with Gasteiger partial charge >= 0.3 is 11.7 Å². The van der Waals surface area contributed by atoms with E-state index in [1.54, 1.807) is 24.3 Å². The Balaban J connectivity index is 1.81.